The Bertz CT molecular complexity index is 665. The first-order valence-corrected chi connectivity index (χ1v) is 10.2. The van der Waals surface area contributed by atoms with Gasteiger partial charge in [0.05, 0.1) is 19.8 Å². The Morgan fingerprint density at radius 3 is 2.84 bits per heavy atom. The van der Waals surface area contributed by atoms with Gasteiger partial charge in [0.25, 0.3) is 0 Å². The fourth-order valence-electron chi connectivity index (χ4n) is 3.88. The zero-order chi connectivity index (χ0) is 17.1. The highest BCUT2D eigenvalue weighted by Gasteiger charge is 2.26. The summed E-state index contributed by atoms with van der Waals surface area (Å²) >= 11 is 1.78. The first kappa shape index (κ1) is 17.1. The predicted molar refractivity (Wildman–Crippen MR) is 98.7 cm³/mol. The number of aromatic nitrogens is 3. The second-order valence-corrected chi connectivity index (χ2v) is 7.91. The Morgan fingerprint density at radius 1 is 1.16 bits per heavy atom. The molecule has 0 aromatic carbocycles. The Labute approximate surface area is 153 Å². The summed E-state index contributed by atoms with van der Waals surface area (Å²) in [5, 5.41) is 13.5. The van der Waals surface area contributed by atoms with E-state index in [1.807, 2.05) is 0 Å². The van der Waals surface area contributed by atoms with E-state index >= 15 is 0 Å². The molecule has 0 bridgehead atoms. The Kier molecular flexibility index (Phi) is 5.45. The van der Waals surface area contributed by atoms with Gasteiger partial charge < -0.3 is 9.30 Å². The molecule has 0 aliphatic carbocycles. The lowest BCUT2D eigenvalue weighted by molar-refractivity contribution is 0.0326. The highest BCUT2D eigenvalue weighted by molar-refractivity contribution is 7.07. The van der Waals surface area contributed by atoms with Crippen molar-refractivity contribution >= 4 is 11.3 Å². The second-order valence-electron chi connectivity index (χ2n) is 7.13. The summed E-state index contributed by atoms with van der Waals surface area (Å²) in [5.74, 6) is 2.72. The van der Waals surface area contributed by atoms with Crippen LogP contribution in [0.3, 0.4) is 0 Å². The number of rotatable bonds is 5. The normalized spacial score (nSPS) is 23.2. The van der Waals surface area contributed by atoms with Crippen LogP contribution in [-0.4, -0.2) is 64.0 Å². The smallest absolute Gasteiger partial charge is 0.146 e. The van der Waals surface area contributed by atoms with E-state index in [2.05, 4.69) is 48.4 Å². The van der Waals surface area contributed by atoms with Gasteiger partial charge in [0, 0.05) is 39.1 Å². The van der Waals surface area contributed by atoms with Gasteiger partial charge in [-0.2, -0.15) is 11.3 Å². The summed E-state index contributed by atoms with van der Waals surface area (Å²) in [6, 6.07) is 2.23. The van der Waals surface area contributed by atoms with E-state index in [1.165, 1.54) is 24.9 Å². The van der Waals surface area contributed by atoms with Crippen LogP contribution < -0.4 is 0 Å². The number of hydrogen-bond acceptors (Lipinski definition) is 6. The van der Waals surface area contributed by atoms with Crippen LogP contribution in [0.4, 0.5) is 0 Å². The number of hydrogen-bond donors (Lipinski definition) is 0. The van der Waals surface area contributed by atoms with Crippen LogP contribution in [0.2, 0.25) is 0 Å². The molecule has 4 heterocycles. The van der Waals surface area contributed by atoms with Gasteiger partial charge in [-0.25, -0.2) is 0 Å². The van der Waals surface area contributed by atoms with Crippen LogP contribution in [-0.2, 0) is 24.9 Å². The molecule has 2 aromatic rings. The van der Waals surface area contributed by atoms with Crippen LogP contribution in [0.15, 0.2) is 16.8 Å². The number of ether oxygens (including phenoxy) is 1. The van der Waals surface area contributed by atoms with Gasteiger partial charge in [-0.05, 0) is 41.8 Å². The second kappa shape index (κ2) is 7.95. The van der Waals surface area contributed by atoms with E-state index in [0.29, 0.717) is 5.92 Å². The third-order valence-corrected chi connectivity index (χ3v) is 6.06. The van der Waals surface area contributed by atoms with E-state index in [9.17, 15) is 0 Å². The molecule has 2 aliphatic heterocycles. The van der Waals surface area contributed by atoms with Crippen LogP contribution >= 0.6 is 11.3 Å². The third kappa shape index (κ3) is 4.11. The maximum atomic E-state index is 5.43. The molecule has 25 heavy (non-hydrogen) atoms. The van der Waals surface area contributed by atoms with Gasteiger partial charge in [-0.15, -0.1) is 10.2 Å². The van der Waals surface area contributed by atoms with Crippen molar-refractivity contribution in [3.63, 3.8) is 0 Å². The standard InChI is InChI=1S/C18H27N5OS/c1-21-17(13-22-6-8-24-9-7-22)19-20-18(21)16-3-2-5-23(12-16)11-15-4-10-25-14-15/h4,10,14,16H,2-3,5-9,11-13H2,1H3. The number of nitrogens with zero attached hydrogens (tertiary/aromatic N) is 5. The number of morpholine rings is 1. The summed E-state index contributed by atoms with van der Waals surface area (Å²) in [6.07, 6.45) is 2.45. The topological polar surface area (TPSA) is 46.4 Å². The number of thiophene rings is 1. The molecular weight excluding hydrogens is 334 g/mol. The zero-order valence-electron chi connectivity index (χ0n) is 14.9. The molecule has 2 aromatic heterocycles. The maximum absolute atomic E-state index is 5.43. The van der Waals surface area contributed by atoms with E-state index < -0.39 is 0 Å². The molecule has 2 fully saturated rings. The average Bonchev–Trinajstić information content (AvgIpc) is 3.27. The van der Waals surface area contributed by atoms with Gasteiger partial charge in [0.1, 0.15) is 11.6 Å². The van der Waals surface area contributed by atoms with E-state index in [-0.39, 0.29) is 0 Å². The van der Waals surface area contributed by atoms with Crippen LogP contribution in [0, 0.1) is 0 Å². The van der Waals surface area contributed by atoms with Gasteiger partial charge in [-0.1, -0.05) is 0 Å². The fourth-order valence-corrected chi connectivity index (χ4v) is 4.54. The lowest BCUT2D eigenvalue weighted by Crippen LogP contribution is -2.36. The monoisotopic (exact) mass is 361 g/mol. The summed E-state index contributed by atoms with van der Waals surface area (Å²) in [6.45, 7) is 7.82. The van der Waals surface area contributed by atoms with Gasteiger partial charge >= 0.3 is 0 Å². The molecule has 0 radical (unpaired) electrons. The quantitative estimate of drug-likeness (QED) is 0.816. The van der Waals surface area contributed by atoms with E-state index in [0.717, 1.165) is 57.6 Å². The van der Waals surface area contributed by atoms with Gasteiger partial charge in [0.2, 0.25) is 0 Å². The lowest BCUT2D eigenvalue weighted by atomic mass is 9.97. The molecule has 4 rings (SSSR count). The molecule has 2 aliphatic rings. The van der Waals surface area contributed by atoms with Crippen molar-refractivity contribution in [3.05, 3.63) is 34.0 Å². The summed E-state index contributed by atoms with van der Waals surface area (Å²) < 4.78 is 7.66. The molecule has 0 N–H and O–H groups in total. The van der Waals surface area contributed by atoms with E-state index in [4.69, 9.17) is 4.74 Å². The molecule has 1 atom stereocenters. The fraction of sp³-hybridized carbons (Fsp3) is 0.667. The first-order chi connectivity index (χ1) is 12.3. The predicted octanol–water partition coefficient (Wildman–Crippen LogP) is 2.09. The van der Waals surface area contributed by atoms with Gasteiger partial charge in [0.15, 0.2) is 0 Å². The third-order valence-electron chi connectivity index (χ3n) is 5.32. The van der Waals surface area contributed by atoms with Crippen molar-refractivity contribution in [1.29, 1.82) is 0 Å². The summed E-state index contributed by atoms with van der Waals surface area (Å²) in [4.78, 5) is 4.97. The van der Waals surface area contributed by atoms with Crippen LogP contribution in [0.1, 0.15) is 36.0 Å². The first-order valence-electron chi connectivity index (χ1n) is 9.21. The minimum absolute atomic E-state index is 0.489. The van der Waals surface area contributed by atoms with Crippen molar-refractivity contribution in [2.24, 2.45) is 7.05 Å². The van der Waals surface area contributed by atoms with E-state index in [1.54, 1.807) is 11.3 Å². The SMILES string of the molecule is Cn1c(CN2CCOCC2)nnc1C1CCCN(Cc2ccsc2)C1. The molecule has 0 spiro atoms. The maximum Gasteiger partial charge on any atom is 0.146 e. The van der Waals surface area contributed by atoms with Gasteiger partial charge in [-0.3, -0.25) is 9.80 Å². The molecule has 0 saturated carbocycles. The van der Waals surface area contributed by atoms with Crippen LogP contribution in [0.5, 0.6) is 0 Å². The Balaban J connectivity index is 1.40. The molecule has 2 saturated heterocycles. The summed E-state index contributed by atoms with van der Waals surface area (Å²) in [5.41, 5.74) is 1.43. The minimum atomic E-state index is 0.489. The van der Waals surface area contributed by atoms with Crippen molar-refractivity contribution < 1.29 is 4.74 Å². The Morgan fingerprint density at radius 2 is 2.04 bits per heavy atom. The largest absolute Gasteiger partial charge is 0.379 e. The lowest BCUT2D eigenvalue weighted by Gasteiger charge is -2.32. The Hall–Kier alpha value is -1.28. The highest BCUT2D eigenvalue weighted by atomic mass is 32.1. The number of likely N-dealkylation sites (tertiary alicyclic amines) is 1. The molecule has 136 valence electrons. The van der Waals surface area contributed by atoms with Crippen molar-refractivity contribution in [3.8, 4) is 0 Å². The molecule has 1 unspecified atom stereocenters. The molecular formula is C18H27N5OS. The van der Waals surface area contributed by atoms with Crippen LogP contribution in [0.25, 0.3) is 0 Å². The van der Waals surface area contributed by atoms with Crippen molar-refractivity contribution in [2.45, 2.75) is 31.8 Å². The molecule has 6 nitrogen and oxygen atoms in total. The average molecular weight is 362 g/mol. The number of piperidine rings is 1. The van der Waals surface area contributed by atoms with Crippen molar-refractivity contribution in [1.82, 2.24) is 24.6 Å². The van der Waals surface area contributed by atoms with Crippen molar-refractivity contribution in [2.75, 3.05) is 39.4 Å². The molecule has 0 amide bonds. The molecule has 7 heteroatoms. The summed E-state index contributed by atoms with van der Waals surface area (Å²) in [7, 11) is 2.13. The zero-order valence-corrected chi connectivity index (χ0v) is 15.7. The minimum Gasteiger partial charge on any atom is -0.379 e. The highest BCUT2D eigenvalue weighted by Crippen LogP contribution is 2.27.